The highest BCUT2D eigenvalue weighted by Crippen LogP contribution is 2.22. The van der Waals surface area contributed by atoms with E-state index in [-0.39, 0.29) is 11.9 Å². The number of hydrogen-bond acceptors (Lipinski definition) is 6. The molecule has 0 saturated carbocycles. The molecule has 3 heterocycles. The van der Waals surface area contributed by atoms with Crippen LogP contribution in [0.15, 0.2) is 43.0 Å². The number of hydrogen-bond donors (Lipinski definition) is 1. The number of aromatic nitrogens is 3. The minimum Gasteiger partial charge on any atom is -0.466 e. The first-order valence-electron chi connectivity index (χ1n) is 10.6. The zero-order valence-electron chi connectivity index (χ0n) is 17.1. The van der Waals surface area contributed by atoms with Gasteiger partial charge in [0.15, 0.2) is 0 Å². The third-order valence-corrected chi connectivity index (χ3v) is 5.07. The standard InChI is InChI=1S/C23H30N4O2/c1-2-29-22(28)14-19(20-15-24-17-25-16-20)8-5-3-4-6-10-21-12-11-18-9-7-13-26-23(18)27-21/h5,8,11-12,15-17,19H,2-4,6-7,9-10,13-14H2,1H3,(H,26,27)/b8-5+/t19-/m0/s1. The SMILES string of the molecule is CCOC(=O)C[C@H](/C=C/CCCCc1ccc2c(n1)NCCC2)c1cncnc1. The summed E-state index contributed by atoms with van der Waals surface area (Å²) in [6.45, 7) is 3.24. The molecule has 1 N–H and O–H groups in total. The van der Waals surface area contributed by atoms with Crippen molar-refractivity contribution in [3.05, 3.63) is 59.8 Å². The van der Waals surface area contributed by atoms with Crippen LogP contribution in [0.3, 0.4) is 0 Å². The molecule has 6 nitrogen and oxygen atoms in total. The lowest BCUT2D eigenvalue weighted by molar-refractivity contribution is -0.143. The van der Waals surface area contributed by atoms with Crippen LogP contribution in [0.5, 0.6) is 0 Å². The molecule has 0 aromatic carbocycles. The number of rotatable bonds is 10. The predicted octanol–water partition coefficient (Wildman–Crippen LogP) is 4.24. The Morgan fingerprint density at radius 1 is 1.28 bits per heavy atom. The van der Waals surface area contributed by atoms with Crippen molar-refractivity contribution in [1.29, 1.82) is 0 Å². The second kappa shape index (κ2) is 11.3. The van der Waals surface area contributed by atoms with E-state index in [4.69, 9.17) is 9.72 Å². The summed E-state index contributed by atoms with van der Waals surface area (Å²) >= 11 is 0. The van der Waals surface area contributed by atoms with Crippen molar-refractivity contribution in [2.45, 2.75) is 57.8 Å². The van der Waals surface area contributed by atoms with Gasteiger partial charge in [-0.1, -0.05) is 18.2 Å². The highest BCUT2D eigenvalue weighted by molar-refractivity contribution is 5.70. The van der Waals surface area contributed by atoms with Crippen molar-refractivity contribution in [1.82, 2.24) is 15.0 Å². The van der Waals surface area contributed by atoms with Gasteiger partial charge in [0, 0.05) is 30.6 Å². The lowest BCUT2D eigenvalue weighted by atomic mass is 9.97. The first-order chi connectivity index (χ1) is 14.3. The molecule has 2 aromatic rings. The van der Waals surface area contributed by atoms with Gasteiger partial charge >= 0.3 is 5.97 Å². The lowest BCUT2D eigenvalue weighted by Crippen LogP contribution is -2.13. The largest absolute Gasteiger partial charge is 0.466 e. The maximum absolute atomic E-state index is 11.9. The Balaban J connectivity index is 1.46. The van der Waals surface area contributed by atoms with Crippen LogP contribution in [0.4, 0.5) is 5.82 Å². The lowest BCUT2D eigenvalue weighted by Gasteiger charge is -2.17. The molecule has 1 aliphatic heterocycles. The number of pyridine rings is 1. The van der Waals surface area contributed by atoms with Crippen LogP contribution in [-0.2, 0) is 22.4 Å². The summed E-state index contributed by atoms with van der Waals surface area (Å²) in [6.07, 6.45) is 16.0. The van der Waals surface area contributed by atoms with Gasteiger partial charge in [-0.2, -0.15) is 0 Å². The fourth-order valence-corrected chi connectivity index (χ4v) is 3.54. The van der Waals surface area contributed by atoms with Crippen molar-refractivity contribution < 1.29 is 9.53 Å². The minimum atomic E-state index is -0.196. The van der Waals surface area contributed by atoms with Crippen LogP contribution >= 0.6 is 0 Å². The number of carbonyl (C=O) groups excluding carboxylic acids is 1. The van der Waals surface area contributed by atoms with E-state index >= 15 is 0 Å². The Kier molecular flexibility index (Phi) is 8.16. The number of carbonyl (C=O) groups is 1. The number of unbranched alkanes of at least 4 members (excludes halogenated alkanes) is 2. The van der Waals surface area contributed by atoms with Gasteiger partial charge in [0.25, 0.3) is 0 Å². The number of anilines is 1. The normalized spacial score (nSPS) is 14.2. The van der Waals surface area contributed by atoms with Crippen LogP contribution in [0.25, 0.3) is 0 Å². The Hall–Kier alpha value is -2.76. The van der Waals surface area contributed by atoms with E-state index in [9.17, 15) is 4.79 Å². The Morgan fingerprint density at radius 3 is 2.97 bits per heavy atom. The number of allylic oxidation sites excluding steroid dienone is 2. The minimum absolute atomic E-state index is 0.0522. The van der Waals surface area contributed by atoms with Gasteiger partial charge in [0.2, 0.25) is 0 Å². The fourth-order valence-electron chi connectivity index (χ4n) is 3.54. The molecule has 0 bridgehead atoms. The van der Waals surface area contributed by atoms with E-state index in [2.05, 4.69) is 39.6 Å². The van der Waals surface area contributed by atoms with Gasteiger partial charge in [0.1, 0.15) is 12.1 Å². The molecule has 154 valence electrons. The average Bonchev–Trinajstić information content (AvgIpc) is 2.76. The van der Waals surface area contributed by atoms with Crippen molar-refractivity contribution >= 4 is 11.8 Å². The van der Waals surface area contributed by atoms with Crippen LogP contribution in [0.1, 0.15) is 61.8 Å². The van der Waals surface area contributed by atoms with Crippen molar-refractivity contribution in [2.75, 3.05) is 18.5 Å². The second-order valence-electron chi connectivity index (χ2n) is 7.30. The van der Waals surface area contributed by atoms with Crippen LogP contribution in [0, 0.1) is 0 Å². The maximum Gasteiger partial charge on any atom is 0.306 e. The summed E-state index contributed by atoms with van der Waals surface area (Å²) in [6, 6.07) is 4.37. The summed E-state index contributed by atoms with van der Waals surface area (Å²) in [5, 5.41) is 3.40. The Morgan fingerprint density at radius 2 is 2.14 bits per heavy atom. The molecular formula is C23H30N4O2. The Bertz CT molecular complexity index is 808. The smallest absolute Gasteiger partial charge is 0.306 e. The number of fused-ring (bicyclic) bond motifs is 1. The van der Waals surface area contributed by atoms with Crippen molar-refractivity contribution in [3.8, 4) is 0 Å². The predicted molar refractivity (Wildman–Crippen MR) is 114 cm³/mol. The first kappa shape index (κ1) is 21.0. The molecule has 0 saturated heterocycles. The van der Waals surface area contributed by atoms with Crippen LogP contribution in [0.2, 0.25) is 0 Å². The molecule has 3 rings (SSSR count). The van der Waals surface area contributed by atoms with Crippen molar-refractivity contribution in [2.24, 2.45) is 0 Å². The highest BCUT2D eigenvalue weighted by Gasteiger charge is 2.15. The maximum atomic E-state index is 11.9. The summed E-state index contributed by atoms with van der Waals surface area (Å²) in [7, 11) is 0. The van der Waals surface area contributed by atoms with Crippen LogP contribution in [-0.4, -0.2) is 34.1 Å². The number of aryl methyl sites for hydroxylation is 2. The first-order valence-corrected chi connectivity index (χ1v) is 10.6. The monoisotopic (exact) mass is 394 g/mol. The van der Waals surface area contributed by atoms with Gasteiger partial charge in [-0.15, -0.1) is 0 Å². The van der Waals surface area contributed by atoms with Gasteiger partial charge in [-0.3, -0.25) is 4.79 Å². The quantitative estimate of drug-likeness (QED) is 0.369. The molecule has 0 radical (unpaired) electrons. The van der Waals surface area contributed by atoms with Gasteiger partial charge in [-0.25, -0.2) is 15.0 Å². The molecule has 2 aromatic heterocycles. The second-order valence-corrected chi connectivity index (χ2v) is 7.30. The highest BCUT2D eigenvalue weighted by atomic mass is 16.5. The molecule has 0 amide bonds. The molecule has 0 spiro atoms. The summed E-state index contributed by atoms with van der Waals surface area (Å²) in [5.74, 6) is 0.822. The topological polar surface area (TPSA) is 77.0 Å². The number of esters is 1. The van der Waals surface area contributed by atoms with Gasteiger partial charge in [-0.05, 0) is 62.6 Å². The molecule has 1 atom stereocenters. The average molecular weight is 395 g/mol. The molecule has 0 aliphatic carbocycles. The molecule has 0 fully saturated rings. The van der Waals surface area contributed by atoms with E-state index in [0.29, 0.717) is 13.0 Å². The van der Waals surface area contributed by atoms with E-state index in [1.807, 2.05) is 6.92 Å². The molecule has 6 heteroatoms. The van der Waals surface area contributed by atoms with E-state index in [0.717, 1.165) is 55.7 Å². The molecule has 0 unspecified atom stereocenters. The van der Waals surface area contributed by atoms with Gasteiger partial charge < -0.3 is 10.1 Å². The third kappa shape index (κ3) is 6.66. The number of ether oxygens (including phenoxy) is 1. The number of nitrogens with zero attached hydrogens (tertiary/aromatic N) is 3. The number of nitrogens with one attached hydrogen (secondary N) is 1. The third-order valence-electron chi connectivity index (χ3n) is 5.07. The summed E-state index contributed by atoms with van der Waals surface area (Å²) in [4.78, 5) is 24.8. The zero-order valence-corrected chi connectivity index (χ0v) is 17.1. The van der Waals surface area contributed by atoms with E-state index in [1.54, 1.807) is 12.4 Å². The molecule has 1 aliphatic rings. The van der Waals surface area contributed by atoms with Gasteiger partial charge in [0.05, 0.1) is 13.0 Å². The molecule has 29 heavy (non-hydrogen) atoms. The fraction of sp³-hybridized carbons (Fsp3) is 0.478. The van der Waals surface area contributed by atoms with Crippen molar-refractivity contribution in [3.63, 3.8) is 0 Å². The van der Waals surface area contributed by atoms with E-state index in [1.165, 1.54) is 18.3 Å². The molecular weight excluding hydrogens is 364 g/mol. The van der Waals surface area contributed by atoms with E-state index < -0.39 is 0 Å². The summed E-state index contributed by atoms with van der Waals surface area (Å²) < 4.78 is 5.10. The van der Waals surface area contributed by atoms with Crippen LogP contribution < -0.4 is 5.32 Å². The summed E-state index contributed by atoms with van der Waals surface area (Å²) in [5.41, 5.74) is 3.42. The Labute approximate surface area is 172 Å². The zero-order chi connectivity index (χ0) is 20.3.